The summed E-state index contributed by atoms with van der Waals surface area (Å²) in [6.07, 6.45) is 2.29. The molecule has 4 aromatic rings. The molecule has 3 aromatic heterocycles. The van der Waals surface area contributed by atoms with Crippen molar-refractivity contribution in [3.05, 3.63) is 51.9 Å². The van der Waals surface area contributed by atoms with Gasteiger partial charge in [0.15, 0.2) is 5.13 Å². The van der Waals surface area contributed by atoms with Crippen LogP contribution in [0.2, 0.25) is 0 Å². The smallest absolute Gasteiger partial charge is 0.262 e. The highest BCUT2D eigenvalue weighted by Crippen LogP contribution is 2.25. The largest absolute Gasteiger partial charge is 0.300 e. The van der Waals surface area contributed by atoms with E-state index in [4.69, 9.17) is 0 Å². The molecule has 0 unspecified atom stereocenters. The number of carbonyl (C=O) groups excluding carboxylic acids is 1. The van der Waals surface area contributed by atoms with Gasteiger partial charge in [-0.2, -0.15) is 0 Å². The Morgan fingerprint density at radius 1 is 1.28 bits per heavy atom. The molecule has 0 atom stereocenters. The third-order valence-corrected chi connectivity index (χ3v) is 5.91. The molecular weight excluding hydrogens is 356 g/mol. The number of aryl methyl sites for hydroxylation is 1. The van der Waals surface area contributed by atoms with E-state index in [0.717, 1.165) is 21.5 Å². The summed E-state index contributed by atoms with van der Waals surface area (Å²) < 4.78 is 2.33. The van der Waals surface area contributed by atoms with Crippen LogP contribution in [0.25, 0.3) is 20.4 Å². The molecule has 1 N–H and O–H groups in total. The van der Waals surface area contributed by atoms with Crippen molar-refractivity contribution in [3.63, 3.8) is 0 Å². The number of para-hydroxylation sites is 1. The zero-order chi connectivity index (χ0) is 17.4. The molecule has 0 saturated carbocycles. The summed E-state index contributed by atoms with van der Waals surface area (Å²) in [5, 5.41) is 3.85. The molecule has 1 aromatic carbocycles. The molecule has 0 radical (unpaired) electrons. The lowest BCUT2D eigenvalue weighted by Crippen LogP contribution is -2.27. The fraction of sp³-hybridized carbons (Fsp3) is 0.176. The first kappa shape index (κ1) is 15.9. The standard InChI is InChI=1S/C17H14N4O2S2/c1-2-10-7-11-15(24-10)18-9-21(16(11)23)8-14(22)20-17-19-12-5-3-4-6-13(12)25-17/h3-7,9H,2,8H2,1H3,(H,19,20,22). The first-order valence-electron chi connectivity index (χ1n) is 7.77. The van der Waals surface area contributed by atoms with E-state index in [1.165, 1.54) is 33.6 Å². The van der Waals surface area contributed by atoms with Crippen molar-refractivity contribution >= 4 is 54.1 Å². The number of amides is 1. The number of fused-ring (bicyclic) bond motifs is 2. The van der Waals surface area contributed by atoms with Crippen molar-refractivity contribution in [2.24, 2.45) is 0 Å². The van der Waals surface area contributed by atoms with E-state index in [1.54, 1.807) is 0 Å². The van der Waals surface area contributed by atoms with E-state index in [-0.39, 0.29) is 18.0 Å². The lowest BCUT2D eigenvalue weighted by atomic mass is 10.3. The van der Waals surface area contributed by atoms with E-state index < -0.39 is 0 Å². The van der Waals surface area contributed by atoms with Crippen molar-refractivity contribution in [1.29, 1.82) is 0 Å². The summed E-state index contributed by atoms with van der Waals surface area (Å²) >= 11 is 2.92. The number of hydrogen-bond acceptors (Lipinski definition) is 6. The van der Waals surface area contributed by atoms with Gasteiger partial charge in [-0.05, 0) is 24.6 Å². The highest BCUT2D eigenvalue weighted by atomic mass is 32.1. The summed E-state index contributed by atoms with van der Waals surface area (Å²) in [5.41, 5.74) is 0.647. The second-order valence-electron chi connectivity index (χ2n) is 5.50. The van der Waals surface area contributed by atoms with Gasteiger partial charge < -0.3 is 5.32 Å². The van der Waals surface area contributed by atoms with Gasteiger partial charge in [-0.15, -0.1) is 11.3 Å². The second-order valence-corrected chi connectivity index (χ2v) is 7.64. The minimum atomic E-state index is -0.298. The molecule has 126 valence electrons. The van der Waals surface area contributed by atoms with Gasteiger partial charge in [-0.3, -0.25) is 14.2 Å². The molecule has 0 spiro atoms. The molecule has 0 aliphatic carbocycles. The molecular formula is C17H14N4O2S2. The zero-order valence-electron chi connectivity index (χ0n) is 13.4. The first-order valence-corrected chi connectivity index (χ1v) is 9.40. The van der Waals surface area contributed by atoms with Crippen LogP contribution in [0.1, 0.15) is 11.8 Å². The Balaban J connectivity index is 1.56. The molecule has 8 heteroatoms. The van der Waals surface area contributed by atoms with Crippen LogP contribution >= 0.6 is 22.7 Å². The van der Waals surface area contributed by atoms with E-state index >= 15 is 0 Å². The van der Waals surface area contributed by atoms with Crippen LogP contribution < -0.4 is 10.9 Å². The van der Waals surface area contributed by atoms with E-state index in [1.807, 2.05) is 37.3 Å². The number of benzene rings is 1. The molecule has 1 amide bonds. The van der Waals surface area contributed by atoms with Crippen molar-refractivity contribution in [2.45, 2.75) is 19.9 Å². The van der Waals surface area contributed by atoms with Crippen LogP contribution in [-0.4, -0.2) is 20.4 Å². The van der Waals surface area contributed by atoms with Gasteiger partial charge >= 0.3 is 0 Å². The molecule has 3 heterocycles. The van der Waals surface area contributed by atoms with Crippen LogP contribution in [0.5, 0.6) is 0 Å². The number of aromatic nitrogens is 3. The van der Waals surface area contributed by atoms with Crippen LogP contribution in [0.15, 0.2) is 41.5 Å². The fourth-order valence-corrected chi connectivity index (χ4v) is 4.34. The maximum atomic E-state index is 12.5. The predicted molar refractivity (Wildman–Crippen MR) is 102 cm³/mol. The number of hydrogen-bond donors (Lipinski definition) is 1. The molecule has 0 saturated heterocycles. The number of thiazole rings is 1. The predicted octanol–water partition coefficient (Wildman–Crippen LogP) is 3.27. The van der Waals surface area contributed by atoms with Gasteiger partial charge in [-0.1, -0.05) is 30.4 Å². The normalized spacial score (nSPS) is 11.2. The maximum absolute atomic E-state index is 12.5. The minimum Gasteiger partial charge on any atom is -0.300 e. The Hall–Kier alpha value is -2.58. The molecule has 25 heavy (non-hydrogen) atoms. The monoisotopic (exact) mass is 370 g/mol. The topological polar surface area (TPSA) is 76.9 Å². The fourth-order valence-electron chi connectivity index (χ4n) is 2.54. The van der Waals surface area contributed by atoms with Crippen LogP contribution in [-0.2, 0) is 17.8 Å². The maximum Gasteiger partial charge on any atom is 0.262 e. The van der Waals surface area contributed by atoms with Gasteiger partial charge in [0.05, 0.1) is 21.9 Å². The number of thiophene rings is 1. The summed E-state index contributed by atoms with van der Waals surface area (Å²) in [6, 6.07) is 9.54. The number of anilines is 1. The van der Waals surface area contributed by atoms with Gasteiger partial charge in [0.2, 0.25) is 5.91 Å². The number of rotatable bonds is 4. The highest BCUT2D eigenvalue weighted by molar-refractivity contribution is 7.22. The number of carbonyl (C=O) groups is 1. The second kappa shape index (κ2) is 6.38. The molecule has 6 nitrogen and oxygen atoms in total. The number of nitrogens with one attached hydrogen (secondary N) is 1. The highest BCUT2D eigenvalue weighted by Gasteiger charge is 2.12. The molecule has 0 aliphatic rings. The quantitative estimate of drug-likeness (QED) is 0.598. The number of nitrogens with zero attached hydrogens (tertiary/aromatic N) is 3. The summed E-state index contributed by atoms with van der Waals surface area (Å²) in [6.45, 7) is 1.95. The molecule has 0 aliphatic heterocycles. The Bertz CT molecular complexity index is 1110. The molecule has 0 fully saturated rings. The average molecular weight is 370 g/mol. The van der Waals surface area contributed by atoms with E-state index in [0.29, 0.717) is 15.3 Å². The van der Waals surface area contributed by atoms with Crippen molar-refractivity contribution < 1.29 is 4.79 Å². The zero-order valence-corrected chi connectivity index (χ0v) is 15.0. The Morgan fingerprint density at radius 3 is 2.92 bits per heavy atom. The van der Waals surface area contributed by atoms with Crippen LogP contribution in [0, 0.1) is 0 Å². The Morgan fingerprint density at radius 2 is 2.12 bits per heavy atom. The third kappa shape index (κ3) is 3.06. The van der Waals surface area contributed by atoms with Crippen LogP contribution in [0.4, 0.5) is 5.13 Å². The Kier molecular flexibility index (Phi) is 4.06. The van der Waals surface area contributed by atoms with Crippen molar-refractivity contribution in [2.75, 3.05) is 5.32 Å². The van der Waals surface area contributed by atoms with Gasteiger partial charge in [0.1, 0.15) is 11.4 Å². The molecule has 0 bridgehead atoms. The van der Waals surface area contributed by atoms with E-state index in [9.17, 15) is 9.59 Å². The summed E-state index contributed by atoms with van der Waals surface area (Å²) in [7, 11) is 0. The minimum absolute atomic E-state index is 0.0883. The SMILES string of the molecule is CCc1cc2c(=O)n(CC(=O)Nc3nc4ccccc4s3)cnc2s1. The summed E-state index contributed by atoms with van der Waals surface area (Å²) in [4.78, 5) is 35.3. The lowest BCUT2D eigenvalue weighted by molar-refractivity contribution is -0.116. The van der Waals surface area contributed by atoms with Crippen molar-refractivity contribution in [1.82, 2.24) is 14.5 Å². The van der Waals surface area contributed by atoms with Crippen LogP contribution in [0.3, 0.4) is 0 Å². The molecule has 4 rings (SSSR count). The summed E-state index contributed by atoms with van der Waals surface area (Å²) in [5.74, 6) is -0.298. The van der Waals surface area contributed by atoms with Gasteiger partial charge in [0.25, 0.3) is 5.56 Å². The van der Waals surface area contributed by atoms with Gasteiger partial charge in [-0.25, -0.2) is 9.97 Å². The van der Waals surface area contributed by atoms with E-state index in [2.05, 4.69) is 15.3 Å². The van der Waals surface area contributed by atoms with Gasteiger partial charge in [0, 0.05) is 4.88 Å². The Labute approximate surface area is 150 Å². The average Bonchev–Trinajstić information content (AvgIpc) is 3.20. The van der Waals surface area contributed by atoms with Crippen molar-refractivity contribution in [3.8, 4) is 0 Å². The lowest BCUT2D eigenvalue weighted by Gasteiger charge is -2.04. The third-order valence-electron chi connectivity index (χ3n) is 3.77. The first-order chi connectivity index (χ1) is 12.1.